The summed E-state index contributed by atoms with van der Waals surface area (Å²) in [5, 5.41) is 2.56. The van der Waals surface area contributed by atoms with Gasteiger partial charge in [-0.25, -0.2) is 17.9 Å². The highest BCUT2D eigenvalue weighted by Crippen LogP contribution is 2.22. The van der Waals surface area contributed by atoms with Gasteiger partial charge in [0.05, 0.1) is 4.90 Å². The minimum atomic E-state index is -3.61. The van der Waals surface area contributed by atoms with E-state index in [2.05, 4.69) is 26.0 Å². The Morgan fingerprint density at radius 3 is 2.52 bits per heavy atom. The zero-order valence-corrected chi connectivity index (χ0v) is 15.8. The smallest absolute Gasteiger partial charge is 0.407 e. The van der Waals surface area contributed by atoms with Crippen LogP contribution in [0.1, 0.15) is 27.2 Å². The summed E-state index contributed by atoms with van der Waals surface area (Å²) in [5.74, 6) is 0. The highest BCUT2D eigenvalue weighted by Gasteiger charge is 2.16. The van der Waals surface area contributed by atoms with Crippen LogP contribution in [0.15, 0.2) is 27.6 Å². The molecular formula is C14H22BrN3O4S. The van der Waals surface area contributed by atoms with Gasteiger partial charge in [0.1, 0.15) is 5.60 Å². The maximum atomic E-state index is 12.1. The third-order valence-corrected chi connectivity index (χ3v) is 4.74. The van der Waals surface area contributed by atoms with Gasteiger partial charge < -0.3 is 15.8 Å². The molecule has 0 unspecified atom stereocenters. The van der Waals surface area contributed by atoms with Crippen molar-refractivity contribution in [2.24, 2.45) is 0 Å². The van der Waals surface area contributed by atoms with E-state index in [0.29, 0.717) is 23.1 Å². The van der Waals surface area contributed by atoms with E-state index in [1.165, 1.54) is 18.2 Å². The molecule has 0 saturated carbocycles. The highest BCUT2D eigenvalue weighted by molar-refractivity contribution is 9.10. The van der Waals surface area contributed by atoms with Crippen LogP contribution < -0.4 is 15.8 Å². The molecule has 130 valence electrons. The second kappa shape index (κ2) is 7.98. The second-order valence-corrected chi connectivity index (χ2v) is 8.48. The number of anilines is 1. The second-order valence-electron chi connectivity index (χ2n) is 5.86. The standard InChI is InChI=1S/C14H22BrN3O4S/c1-14(2,3)22-13(19)17-7-4-8-18-23(20,21)10-5-6-12(16)11(15)9-10/h5-6,9,18H,4,7-8,16H2,1-3H3,(H,17,19). The van der Waals surface area contributed by atoms with E-state index >= 15 is 0 Å². The number of nitrogen functional groups attached to an aromatic ring is 1. The lowest BCUT2D eigenvalue weighted by Crippen LogP contribution is -2.34. The first-order valence-corrected chi connectivity index (χ1v) is 9.30. The maximum absolute atomic E-state index is 12.1. The molecule has 0 spiro atoms. The van der Waals surface area contributed by atoms with Crippen LogP contribution in [-0.4, -0.2) is 33.2 Å². The molecule has 9 heteroatoms. The molecule has 0 aliphatic rings. The third kappa shape index (κ3) is 7.19. The lowest BCUT2D eigenvalue weighted by atomic mass is 10.2. The molecule has 0 aliphatic carbocycles. The van der Waals surface area contributed by atoms with Crippen LogP contribution in [0.3, 0.4) is 0 Å². The fourth-order valence-corrected chi connectivity index (χ4v) is 3.19. The number of carbonyl (C=O) groups excluding carboxylic acids is 1. The topological polar surface area (TPSA) is 111 Å². The molecule has 0 radical (unpaired) electrons. The van der Waals surface area contributed by atoms with Crippen molar-refractivity contribution in [2.45, 2.75) is 37.7 Å². The SMILES string of the molecule is CC(C)(C)OC(=O)NCCCNS(=O)(=O)c1ccc(N)c(Br)c1. The number of nitrogens with one attached hydrogen (secondary N) is 2. The van der Waals surface area contributed by atoms with Gasteiger partial charge in [-0.05, 0) is 61.3 Å². The first kappa shape index (κ1) is 19.7. The zero-order valence-electron chi connectivity index (χ0n) is 13.3. The number of hydrogen-bond acceptors (Lipinski definition) is 5. The van der Waals surface area contributed by atoms with Gasteiger partial charge in [0, 0.05) is 23.2 Å². The van der Waals surface area contributed by atoms with Crippen LogP contribution >= 0.6 is 15.9 Å². The minimum absolute atomic E-state index is 0.124. The molecule has 0 aliphatic heterocycles. The van der Waals surface area contributed by atoms with Gasteiger partial charge >= 0.3 is 6.09 Å². The van der Waals surface area contributed by atoms with Crippen LogP contribution in [0.2, 0.25) is 0 Å². The first-order chi connectivity index (χ1) is 10.5. The average molecular weight is 408 g/mol. The van der Waals surface area contributed by atoms with Crippen molar-refractivity contribution in [3.05, 3.63) is 22.7 Å². The summed E-state index contributed by atoms with van der Waals surface area (Å²) < 4.78 is 32.2. The van der Waals surface area contributed by atoms with Crippen molar-refractivity contribution < 1.29 is 17.9 Å². The zero-order chi connectivity index (χ0) is 17.7. The van der Waals surface area contributed by atoms with E-state index in [-0.39, 0.29) is 11.4 Å². The van der Waals surface area contributed by atoms with Crippen molar-refractivity contribution in [3.63, 3.8) is 0 Å². The van der Waals surface area contributed by atoms with Gasteiger partial charge in [-0.15, -0.1) is 0 Å². The fourth-order valence-electron chi connectivity index (χ4n) is 1.56. The summed E-state index contributed by atoms with van der Waals surface area (Å²) in [7, 11) is -3.61. The van der Waals surface area contributed by atoms with Crippen LogP contribution in [0.25, 0.3) is 0 Å². The van der Waals surface area contributed by atoms with E-state index in [1.807, 2.05) is 0 Å². The van der Waals surface area contributed by atoms with Crippen LogP contribution in [0.4, 0.5) is 10.5 Å². The van der Waals surface area contributed by atoms with Crippen LogP contribution in [0.5, 0.6) is 0 Å². The number of halogens is 1. The highest BCUT2D eigenvalue weighted by atomic mass is 79.9. The first-order valence-electron chi connectivity index (χ1n) is 7.03. The maximum Gasteiger partial charge on any atom is 0.407 e. The molecule has 0 fully saturated rings. The van der Waals surface area contributed by atoms with Gasteiger partial charge in [-0.3, -0.25) is 0 Å². The Bertz CT molecular complexity index is 656. The molecule has 4 N–H and O–H groups in total. The molecule has 0 saturated heterocycles. The molecule has 0 aromatic heterocycles. The Balaban J connectivity index is 2.40. The number of amides is 1. The van der Waals surface area contributed by atoms with Gasteiger partial charge in [-0.1, -0.05) is 0 Å². The van der Waals surface area contributed by atoms with Crippen molar-refractivity contribution in [3.8, 4) is 0 Å². The number of hydrogen-bond donors (Lipinski definition) is 3. The number of carbonyl (C=O) groups is 1. The summed E-state index contributed by atoms with van der Waals surface area (Å²) in [6, 6.07) is 4.39. The molecule has 1 rings (SSSR count). The third-order valence-electron chi connectivity index (χ3n) is 2.60. The van der Waals surface area contributed by atoms with Gasteiger partial charge in [0.25, 0.3) is 0 Å². The van der Waals surface area contributed by atoms with Crippen molar-refractivity contribution in [1.82, 2.24) is 10.0 Å². The monoisotopic (exact) mass is 407 g/mol. The lowest BCUT2D eigenvalue weighted by Gasteiger charge is -2.19. The number of alkyl carbamates (subject to hydrolysis) is 1. The Hall–Kier alpha value is -1.32. The van der Waals surface area contributed by atoms with E-state index in [0.717, 1.165) is 0 Å². The normalized spacial score (nSPS) is 12.0. The van der Waals surface area contributed by atoms with Crippen molar-refractivity contribution in [1.29, 1.82) is 0 Å². The predicted octanol–water partition coefficient (Wildman–Crippen LogP) is 2.22. The number of rotatable bonds is 6. The lowest BCUT2D eigenvalue weighted by molar-refractivity contribution is 0.0527. The molecule has 0 bridgehead atoms. The number of nitrogens with two attached hydrogens (primary N) is 1. The van der Waals surface area contributed by atoms with E-state index in [9.17, 15) is 13.2 Å². The summed E-state index contributed by atoms with van der Waals surface area (Å²) in [6.45, 7) is 5.81. The van der Waals surface area contributed by atoms with Crippen LogP contribution in [-0.2, 0) is 14.8 Å². The number of benzene rings is 1. The van der Waals surface area contributed by atoms with Gasteiger partial charge in [0.15, 0.2) is 0 Å². The largest absolute Gasteiger partial charge is 0.444 e. The molecule has 0 heterocycles. The molecule has 1 aromatic rings. The molecular weight excluding hydrogens is 386 g/mol. The summed E-state index contributed by atoms with van der Waals surface area (Å²) >= 11 is 3.19. The molecule has 1 amide bonds. The molecule has 1 aromatic carbocycles. The molecule has 23 heavy (non-hydrogen) atoms. The van der Waals surface area contributed by atoms with E-state index in [4.69, 9.17) is 10.5 Å². The van der Waals surface area contributed by atoms with Gasteiger partial charge in [0.2, 0.25) is 10.0 Å². The van der Waals surface area contributed by atoms with Crippen molar-refractivity contribution >= 4 is 37.7 Å². The Labute approximate surface area is 145 Å². The Morgan fingerprint density at radius 2 is 1.96 bits per heavy atom. The van der Waals surface area contributed by atoms with E-state index < -0.39 is 21.7 Å². The van der Waals surface area contributed by atoms with E-state index in [1.54, 1.807) is 20.8 Å². The summed E-state index contributed by atoms with van der Waals surface area (Å²) in [6.07, 6.45) is -0.0861. The molecule has 7 nitrogen and oxygen atoms in total. The Kier molecular flexibility index (Phi) is 6.84. The Morgan fingerprint density at radius 1 is 1.30 bits per heavy atom. The number of ether oxygens (including phenoxy) is 1. The average Bonchev–Trinajstić information content (AvgIpc) is 2.39. The van der Waals surface area contributed by atoms with Gasteiger partial charge in [-0.2, -0.15) is 0 Å². The van der Waals surface area contributed by atoms with Crippen LogP contribution in [0, 0.1) is 0 Å². The summed E-state index contributed by atoms with van der Waals surface area (Å²) in [5.41, 5.74) is 5.53. The molecule has 0 atom stereocenters. The quantitative estimate of drug-likeness (QED) is 0.494. The predicted molar refractivity (Wildman–Crippen MR) is 92.6 cm³/mol. The minimum Gasteiger partial charge on any atom is -0.444 e. The fraction of sp³-hybridized carbons (Fsp3) is 0.500. The summed E-state index contributed by atoms with van der Waals surface area (Å²) in [4.78, 5) is 11.5. The number of sulfonamides is 1. The van der Waals surface area contributed by atoms with Crippen molar-refractivity contribution in [2.75, 3.05) is 18.8 Å².